The predicted octanol–water partition coefficient (Wildman–Crippen LogP) is 3.27. The number of nitrogens with one attached hydrogen (secondary N) is 1. The Hall–Kier alpha value is -2.27. The number of carbonyl (C=O) groups is 1. The molecule has 0 aliphatic heterocycles. The van der Waals surface area contributed by atoms with Crippen LogP contribution in [0.25, 0.3) is 11.3 Å². The maximum Gasteiger partial charge on any atom is 0.253 e. The van der Waals surface area contributed by atoms with Gasteiger partial charge in [-0.3, -0.25) is 9.78 Å². The molecule has 0 radical (unpaired) electrons. The normalized spacial score (nSPS) is 10.9. The number of amides is 1. The molecular weight excluding hydrogens is 305 g/mol. The molecule has 0 atom stereocenters. The van der Waals surface area contributed by atoms with Crippen LogP contribution in [0.3, 0.4) is 0 Å². The van der Waals surface area contributed by atoms with Crippen LogP contribution in [0.1, 0.15) is 29.9 Å². The number of hydrogen-bond donors (Lipinski definition) is 1. The van der Waals surface area contributed by atoms with Gasteiger partial charge in [-0.1, -0.05) is 13.8 Å². The Morgan fingerprint density at radius 1 is 1.12 bits per heavy atom. The Labute approximate surface area is 142 Å². The molecular formula is C19H24FN3O. The van der Waals surface area contributed by atoms with Crippen LogP contribution >= 0.6 is 0 Å². The Kier molecular flexibility index (Phi) is 6.44. The zero-order valence-corrected chi connectivity index (χ0v) is 14.5. The van der Waals surface area contributed by atoms with E-state index in [2.05, 4.69) is 29.0 Å². The summed E-state index contributed by atoms with van der Waals surface area (Å²) in [5, 5.41) is 2.94. The van der Waals surface area contributed by atoms with E-state index in [0.717, 1.165) is 30.9 Å². The van der Waals surface area contributed by atoms with E-state index in [4.69, 9.17) is 0 Å². The Morgan fingerprint density at radius 2 is 1.79 bits per heavy atom. The number of pyridine rings is 1. The lowest BCUT2D eigenvalue weighted by atomic mass is 10.1. The SMILES string of the molecule is CCN(CC)CCNC(=O)c1ccc(-c2ccc(F)cc2)nc1C. The molecule has 0 aliphatic rings. The largest absolute Gasteiger partial charge is 0.351 e. The molecule has 0 aliphatic carbocycles. The second-order valence-corrected chi connectivity index (χ2v) is 5.62. The highest BCUT2D eigenvalue weighted by atomic mass is 19.1. The molecule has 0 fully saturated rings. The van der Waals surface area contributed by atoms with Crippen LogP contribution in [0, 0.1) is 12.7 Å². The minimum atomic E-state index is -0.278. The fourth-order valence-corrected chi connectivity index (χ4v) is 2.55. The number of rotatable bonds is 7. The molecule has 1 heterocycles. The molecule has 0 unspecified atom stereocenters. The number of carbonyl (C=O) groups excluding carboxylic acids is 1. The molecule has 4 nitrogen and oxygen atoms in total. The summed E-state index contributed by atoms with van der Waals surface area (Å²) in [7, 11) is 0. The predicted molar refractivity (Wildman–Crippen MR) is 94.5 cm³/mol. The number of halogens is 1. The van der Waals surface area contributed by atoms with Gasteiger partial charge in [0.25, 0.3) is 5.91 Å². The Morgan fingerprint density at radius 3 is 2.38 bits per heavy atom. The van der Waals surface area contributed by atoms with E-state index in [9.17, 15) is 9.18 Å². The average molecular weight is 329 g/mol. The number of nitrogens with zero attached hydrogens (tertiary/aromatic N) is 2. The second kappa shape index (κ2) is 8.55. The molecule has 1 N–H and O–H groups in total. The van der Waals surface area contributed by atoms with Crippen LogP contribution in [0.15, 0.2) is 36.4 Å². The molecule has 0 saturated carbocycles. The Balaban J connectivity index is 2.03. The van der Waals surface area contributed by atoms with Gasteiger partial charge in [0.2, 0.25) is 0 Å². The first-order valence-electron chi connectivity index (χ1n) is 8.29. The van der Waals surface area contributed by atoms with Gasteiger partial charge in [-0.15, -0.1) is 0 Å². The van der Waals surface area contributed by atoms with Crippen molar-refractivity contribution in [3.8, 4) is 11.3 Å². The Bertz CT molecular complexity index is 682. The highest BCUT2D eigenvalue weighted by Crippen LogP contribution is 2.19. The van der Waals surface area contributed by atoms with E-state index in [-0.39, 0.29) is 11.7 Å². The number of aromatic nitrogens is 1. The molecule has 0 saturated heterocycles. The minimum absolute atomic E-state index is 0.113. The van der Waals surface area contributed by atoms with Crippen molar-refractivity contribution in [3.63, 3.8) is 0 Å². The van der Waals surface area contributed by atoms with Gasteiger partial charge in [-0.05, 0) is 56.4 Å². The number of aryl methyl sites for hydroxylation is 1. The number of benzene rings is 1. The van der Waals surface area contributed by atoms with Crippen molar-refractivity contribution in [1.29, 1.82) is 0 Å². The third kappa shape index (κ3) is 4.61. The lowest BCUT2D eigenvalue weighted by molar-refractivity contribution is 0.0948. The summed E-state index contributed by atoms with van der Waals surface area (Å²) in [5.74, 6) is -0.391. The first-order chi connectivity index (χ1) is 11.5. The van der Waals surface area contributed by atoms with Crippen LogP contribution in [-0.2, 0) is 0 Å². The van der Waals surface area contributed by atoms with Crippen LogP contribution in [0.4, 0.5) is 4.39 Å². The highest BCUT2D eigenvalue weighted by Gasteiger charge is 2.11. The molecule has 1 aromatic carbocycles. The van der Waals surface area contributed by atoms with Crippen molar-refractivity contribution in [2.24, 2.45) is 0 Å². The number of hydrogen-bond acceptors (Lipinski definition) is 3. The zero-order chi connectivity index (χ0) is 17.5. The monoisotopic (exact) mass is 329 g/mol. The van der Waals surface area contributed by atoms with Crippen LogP contribution < -0.4 is 5.32 Å². The molecule has 0 bridgehead atoms. The topological polar surface area (TPSA) is 45.2 Å². The van der Waals surface area contributed by atoms with Gasteiger partial charge >= 0.3 is 0 Å². The summed E-state index contributed by atoms with van der Waals surface area (Å²) in [4.78, 5) is 19.0. The molecule has 5 heteroatoms. The third-order valence-corrected chi connectivity index (χ3v) is 4.08. The smallest absolute Gasteiger partial charge is 0.253 e. The first-order valence-corrected chi connectivity index (χ1v) is 8.29. The van der Waals surface area contributed by atoms with E-state index in [1.54, 1.807) is 24.3 Å². The van der Waals surface area contributed by atoms with Crippen molar-refractivity contribution in [2.45, 2.75) is 20.8 Å². The van der Waals surface area contributed by atoms with Gasteiger partial charge in [0, 0.05) is 18.7 Å². The van der Waals surface area contributed by atoms with E-state index in [1.807, 2.05) is 6.92 Å². The lowest BCUT2D eigenvalue weighted by Gasteiger charge is -2.18. The van der Waals surface area contributed by atoms with Crippen molar-refractivity contribution in [3.05, 3.63) is 53.5 Å². The van der Waals surface area contributed by atoms with E-state index in [1.165, 1.54) is 12.1 Å². The standard InChI is InChI=1S/C19H24FN3O/c1-4-23(5-2)13-12-21-19(24)17-10-11-18(22-14(17)3)15-6-8-16(20)9-7-15/h6-11H,4-5,12-13H2,1-3H3,(H,21,24). The summed E-state index contributed by atoms with van der Waals surface area (Å²) in [6, 6.07) is 9.73. The van der Waals surface area contributed by atoms with Gasteiger partial charge in [-0.25, -0.2) is 4.39 Å². The summed E-state index contributed by atoms with van der Waals surface area (Å²) >= 11 is 0. The van der Waals surface area contributed by atoms with Gasteiger partial charge in [0.1, 0.15) is 5.82 Å². The van der Waals surface area contributed by atoms with Crippen LogP contribution in [0.5, 0.6) is 0 Å². The maximum atomic E-state index is 13.0. The van der Waals surface area contributed by atoms with Crippen molar-refractivity contribution in [1.82, 2.24) is 15.2 Å². The van der Waals surface area contributed by atoms with Crippen molar-refractivity contribution in [2.75, 3.05) is 26.2 Å². The van der Waals surface area contributed by atoms with E-state index < -0.39 is 0 Å². The summed E-state index contributed by atoms with van der Waals surface area (Å²) in [5.41, 5.74) is 2.79. The van der Waals surface area contributed by atoms with Crippen molar-refractivity contribution < 1.29 is 9.18 Å². The first kappa shape index (κ1) is 18.1. The summed E-state index contributed by atoms with van der Waals surface area (Å²) < 4.78 is 13.0. The summed E-state index contributed by atoms with van der Waals surface area (Å²) in [6.07, 6.45) is 0. The minimum Gasteiger partial charge on any atom is -0.351 e. The van der Waals surface area contributed by atoms with E-state index >= 15 is 0 Å². The van der Waals surface area contributed by atoms with Gasteiger partial charge in [0.05, 0.1) is 17.0 Å². The molecule has 2 aromatic rings. The fourth-order valence-electron chi connectivity index (χ4n) is 2.55. The van der Waals surface area contributed by atoms with E-state index in [0.29, 0.717) is 17.8 Å². The van der Waals surface area contributed by atoms with Crippen LogP contribution in [0.2, 0.25) is 0 Å². The molecule has 2 rings (SSSR count). The maximum absolute atomic E-state index is 13.0. The summed E-state index contributed by atoms with van der Waals surface area (Å²) in [6.45, 7) is 9.41. The van der Waals surface area contributed by atoms with Gasteiger partial charge in [-0.2, -0.15) is 0 Å². The quantitative estimate of drug-likeness (QED) is 0.848. The molecule has 0 spiro atoms. The fraction of sp³-hybridized carbons (Fsp3) is 0.368. The zero-order valence-electron chi connectivity index (χ0n) is 14.5. The lowest BCUT2D eigenvalue weighted by Crippen LogP contribution is -2.35. The average Bonchev–Trinajstić information content (AvgIpc) is 2.59. The molecule has 128 valence electrons. The second-order valence-electron chi connectivity index (χ2n) is 5.62. The third-order valence-electron chi connectivity index (χ3n) is 4.08. The number of likely N-dealkylation sites (N-methyl/N-ethyl adjacent to an activating group) is 1. The van der Waals surface area contributed by atoms with Crippen molar-refractivity contribution >= 4 is 5.91 Å². The van der Waals surface area contributed by atoms with Crippen LogP contribution in [-0.4, -0.2) is 42.0 Å². The van der Waals surface area contributed by atoms with Gasteiger partial charge < -0.3 is 10.2 Å². The molecule has 1 aromatic heterocycles. The van der Waals surface area contributed by atoms with Gasteiger partial charge in [0.15, 0.2) is 0 Å². The molecule has 1 amide bonds. The molecule has 24 heavy (non-hydrogen) atoms. The highest BCUT2D eigenvalue weighted by molar-refractivity contribution is 5.95.